The maximum atomic E-state index is 13.4. The summed E-state index contributed by atoms with van der Waals surface area (Å²) in [6.07, 6.45) is 1.11. The first kappa shape index (κ1) is 24.9. The molecule has 0 aliphatic rings. The van der Waals surface area contributed by atoms with Crippen LogP contribution in [0.4, 0.5) is 8.78 Å². The van der Waals surface area contributed by atoms with Gasteiger partial charge in [-0.25, -0.2) is 13.6 Å². The second-order valence-electron chi connectivity index (χ2n) is 6.59. The second-order valence-corrected chi connectivity index (χ2v) is 6.59. The molecular formula is C24H20F2N2O5. The smallest absolute Gasteiger partial charge is 0.339 e. The lowest BCUT2D eigenvalue weighted by molar-refractivity contribution is -0.143. The molecule has 0 spiro atoms. The summed E-state index contributed by atoms with van der Waals surface area (Å²) in [5.74, 6) is -4.04. The van der Waals surface area contributed by atoms with Crippen molar-refractivity contribution >= 4 is 17.7 Å². The summed E-state index contributed by atoms with van der Waals surface area (Å²) in [4.78, 5) is 36.8. The van der Waals surface area contributed by atoms with Gasteiger partial charge in [-0.2, -0.15) is 5.26 Å². The van der Waals surface area contributed by atoms with Gasteiger partial charge in [0.2, 0.25) is 0 Å². The van der Waals surface area contributed by atoms with E-state index in [9.17, 15) is 23.2 Å². The predicted molar refractivity (Wildman–Crippen MR) is 114 cm³/mol. The monoisotopic (exact) mass is 454 g/mol. The molecule has 0 aliphatic carbocycles. The topological polar surface area (TPSA) is 109 Å². The molecule has 3 aromatic rings. The fourth-order valence-electron chi connectivity index (χ4n) is 2.77. The molecule has 33 heavy (non-hydrogen) atoms. The number of hydrogen-bond donors (Lipinski definition) is 1. The summed E-state index contributed by atoms with van der Waals surface area (Å²) in [6, 6.07) is 15.0. The SMILES string of the molecule is COC(=O)C(C#N)CC(=O)c1ccccc1F.COC(=O)c1c[nH]c(-c2ccccc2F)c1. The Kier molecular flexibility index (Phi) is 9.00. The zero-order chi connectivity index (χ0) is 24.4. The van der Waals surface area contributed by atoms with Gasteiger partial charge in [-0.15, -0.1) is 0 Å². The Labute approximate surface area is 188 Å². The lowest BCUT2D eigenvalue weighted by atomic mass is 9.99. The van der Waals surface area contributed by atoms with Crippen LogP contribution in [-0.4, -0.2) is 36.9 Å². The highest BCUT2D eigenvalue weighted by molar-refractivity contribution is 5.98. The van der Waals surface area contributed by atoms with Gasteiger partial charge in [-0.3, -0.25) is 9.59 Å². The number of nitrogens with one attached hydrogen (secondary N) is 1. The molecule has 0 aliphatic heterocycles. The Hall–Kier alpha value is -4.32. The highest BCUT2D eigenvalue weighted by Crippen LogP contribution is 2.22. The van der Waals surface area contributed by atoms with E-state index in [1.807, 2.05) is 0 Å². The number of nitrogens with zero attached hydrogens (tertiary/aromatic N) is 1. The van der Waals surface area contributed by atoms with Crippen molar-refractivity contribution < 1.29 is 32.6 Å². The molecule has 0 radical (unpaired) electrons. The van der Waals surface area contributed by atoms with Gasteiger partial charge in [0.15, 0.2) is 11.7 Å². The van der Waals surface area contributed by atoms with Crippen molar-refractivity contribution in [1.29, 1.82) is 5.26 Å². The number of nitriles is 1. The largest absolute Gasteiger partial charge is 0.468 e. The quantitative estimate of drug-likeness (QED) is 0.439. The molecule has 3 rings (SSSR count). The molecule has 0 fully saturated rings. The Balaban J connectivity index is 0.000000234. The summed E-state index contributed by atoms with van der Waals surface area (Å²) >= 11 is 0. The fraction of sp³-hybridized carbons (Fsp3) is 0.167. The molecule has 1 N–H and O–H groups in total. The van der Waals surface area contributed by atoms with E-state index in [0.717, 1.165) is 13.2 Å². The number of H-pyrrole nitrogens is 1. The molecule has 0 bridgehead atoms. The molecule has 1 unspecified atom stereocenters. The van der Waals surface area contributed by atoms with E-state index < -0.39 is 29.5 Å². The van der Waals surface area contributed by atoms with Crippen molar-refractivity contribution in [3.8, 4) is 17.3 Å². The lowest BCUT2D eigenvalue weighted by Crippen LogP contribution is -2.18. The fourth-order valence-corrected chi connectivity index (χ4v) is 2.77. The number of hydrogen-bond acceptors (Lipinski definition) is 6. The van der Waals surface area contributed by atoms with Crippen LogP contribution in [0.3, 0.4) is 0 Å². The number of Topliss-reactive ketones (excluding diaryl/α,β-unsaturated/α-hetero) is 1. The minimum Gasteiger partial charge on any atom is -0.468 e. The Morgan fingerprint density at radius 2 is 1.64 bits per heavy atom. The summed E-state index contributed by atoms with van der Waals surface area (Å²) in [6.45, 7) is 0. The molecule has 2 aromatic carbocycles. The second kappa shape index (κ2) is 11.9. The minimum absolute atomic E-state index is 0.128. The van der Waals surface area contributed by atoms with Gasteiger partial charge in [0, 0.05) is 23.9 Å². The van der Waals surface area contributed by atoms with Crippen LogP contribution in [-0.2, 0) is 14.3 Å². The number of esters is 2. The molecule has 1 heterocycles. The highest BCUT2D eigenvalue weighted by atomic mass is 19.1. The van der Waals surface area contributed by atoms with Gasteiger partial charge in [0.25, 0.3) is 0 Å². The van der Waals surface area contributed by atoms with Crippen molar-refractivity contribution in [3.05, 3.63) is 83.6 Å². The number of carbonyl (C=O) groups is 3. The molecule has 0 saturated heterocycles. The van der Waals surface area contributed by atoms with Crippen molar-refractivity contribution in [2.75, 3.05) is 14.2 Å². The summed E-state index contributed by atoms with van der Waals surface area (Å²) in [5, 5.41) is 8.70. The first-order chi connectivity index (χ1) is 15.8. The first-order valence-corrected chi connectivity index (χ1v) is 9.59. The van der Waals surface area contributed by atoms with E-state index in [0.29, 0.717) is 16.8 Å². The average Bonchev–Trinajstić information content (AvgIpc) is 3.32. The number of benzene rings is 2. The zero-order valence-electron chi connectivity index (χ0n) is 17.8. The Morgan fingerprint density at radius 1 is 1.00 bits per heavy atom. The van der Waals surface area contributed by atoms with Gasteiger partial charge < -0.3 is 14.5 Å². The number of ketones is 1. The van der Waals surface area contributed by atoms with Crippen LogP contribution >= 0.6 is 0 Å². The molecule has 1 aromatic heterocycles. The molecular weight excluding hydrogens is 434 g/mol. The predicted octanol–water partition coefficient (Wildman–Crippen LogP) is 4.32. The molecule has 0 amide bonds. The van der Waals surface area contributed by atoms with Gasteiger partial charge in [0.05, 0.1) is 31.4 Å². The number of methoxy groups -OCH3 is 2. The maximum Gasteiger partial charge on any atom is 0.339 e. The summed E-state index contributed by atoms with van der Waals surface area (Å²) in [7, 11) is 2.43. The highest BCUT2D eigenvalue weighted by Gasteiger charge is 2.24. The van der Waals surface area contributed by atoms with Crippen LogP contribution in [0.1, 0.15) is 27.1 Å². The van der Waals surface area contributed by atoms with Crippen LogP contribution in [0.25, 0.3) is 11.3 Å². The third-order valence-corrected chi connectivity index (χ3v) is 4.47. The van der Waals surface area contributed by atoms with E-state index >= 15 is 0 Å². The number of aromatic amines is 1. The lowest BCUT2D eigenvalue weighted by Gasteiger charge is -2.06. The van der Waals surface area contributed by atoms with Crippen LogP contribution < -0.4 is 0 Å². The molecule has 0 saturated carbocycles. The summed E-state index contributed by atoms with van der Waals surface area (Å²) in [5.41, 5.74) is 1.23. The minimum atomic E-state index is -1.20. The van der Waals surface area contributed by atoms with Crippen molar-refractivity contribution in [3.63, 3.8) is 0 Å². The Bertz CT molecular complexity index is 1180. The van der Waals surface area contributed by atoms with E-state index in [1.54, 1.807) is 30.3 Å². The maximum absolute atomic E-state index is 13.4. The standard InChI is InChI=1S/C12H10FNO3.C12H10FNO2/c1-17-12(16)8(7-14)6-11(15)9-4-2-3-5-10(9)13;1-16-12(15)8-6-11(14-7-8)9-4-2-3-5-10(9)13/h2-5,8H,6H2,1H3;2-7,14H,1H3. The van der Waals surface area contributed by atoms with Gasteiger partial charge in [-0.05, 0) is 30.3 Å². The van der Waals surface area contributed by atoms with E-state index in [2.05, 4.69) is 14.5 Å². The molecule has 9 heteroatoms. The van der Waals surface area contributed by atoms with Crippen molar-refractivity contribution in [1.82, 2.24) is 4.98 Å². The van der Waals surface area contributed by atoms with E-state index in [4.69, 9.17) is 5.26 Å². The molecule has 7 nitrogen and oxygen atoms in total. The van der Waals surface area contributed by atoms with Crippen LogP contribution in [0.15, 0.2) is 60.8 Å². The van der Waals surface area contributed by atoms with Crippen LogP contribution in [0, 0.1) is 28.9 Å². The first-order valence-electron chi connectivity index (χ1n) is 9.59. The van der Waals surface area contributed by atoms with Gasteiger partial charge in [0.1, 0.15) is 11.6 Å². The number of halogens is 2. The van der Waals surface area contributed by atoms with Gasteiger partial charge >= 0.3 is 11.9 Å². The number of ether oxygens (including phenoxy) is 2. The number of rotatable bonds is 6. The van der Waals surface area contributed by atoms with E-state index in [1.165, 1.54) is 37.6 Å². The van der Waals surface area contributed by atoms with Crippen molar-refractivity contribution in [2.45, 2.75) is 6.42 Å². The zero-order valence-corrected chi connectivity index (χ0v) is 17.8. The van der Waals surface area contributed by atoms with Gasteiger partial charge in [-0.1, -0.05) is 24.3 Å². The van der Waals surface area contributed by atoms with Crippen LogP contribution in [0.5, 0.6) is 0 Å². The molecule has 170 valence electrons. The third-order valence-electron chi connectivity index (χ3n) is 4.47. The van der Waals surface area contributed by atoms with Crippen molar-refractivity contribution in [2.24, 2.45) is 5.92 Å². The third kappa shape index (κ3) is 6.58. The van der Waals surface area contributed by atoms with E-state index in [-0.39, 0.29) is 17.8 Å². The average molecular weight is 454 g/mol. The molecule has 1 atom stereocenters. The number of aromatic nitrogens is 1. The van der Waals surface area contributed by atoms with Crippen LogP contribution in [0.2, 0.25) is 0 Å². The Morgan fingerprint density at radius 3 is 2.21 bits per heavy atom. The summed E-state index contributed by atoms with van der Waals surface area (Å²) < 4.78 is 35.6. The normalized spacial score (nSPS) is 10.8. The number of carbonyl (C=O) groups excluding carboxylic acids is 3.